The van der Waals surface area contributed by atoms with E-state index in [0.29, 0.717) is 12.8 Å². The third kappa shape index (κ3) is 8.59. The van der Waals surface area contributed by atoms with Crippen LogP contribution >= 0.6 is 0 Å². The Kier molecular flexibility index (Phi) is 11.3. The molecule has 1 aliphatic heterocycles. The summed E-state index contributed by atoms with van der Waals surface area (Å²) in [5, 5.41) is 25.3. The SMILES string of the molecule is NC(=NC(=O)CCc1ccccc1)N(CCCC1C(C(=O)O)NC1C(=O)N([O-])c1ccccc1)C(=O)CCc1ccccc1. The van der Waals surface area contributed by atoms with E-state index in [2.05, 4.69) is 10.3 Å². The van der Waals surface area contributed by atoms with Crippen LogP contribution in [0.1, 0.15) is 36.8 Å². The smallest absolute Gasteiger partial charge is 0.321 e. The number of nitrogens with zero attached hydrogens (tertiary/aromatic N) is 3. The molecule has 0 saturated carbocycles. The molecule has 0 spiro atoms. The number of rotatable bonds is 13. The van der Waals surface area contributed by atoms with Crippen molar-refractivity contribution in [1.29, 1.82) is 0 Å². The van der Waals surface area contributed by atoms with E-state index in [1.807, 2.05) is 60.7 Å². The van der Waals surface area contributed by atoms with Crippen molar-refractivity contribution in [3.63, 3.8) is 0 Å². The van der Waals surface area contributed by atoms with E-state index in [1.165, 1.54) is 17.0 Å². The minimum Gasteiger partial charge on any atom is -0.752 e. The molecule has 0 bridgehead atoms. The highest BCUT2D eigenvalue weighted by atomic mass is 16.5. The molecule has 3 atom stereocenters. The van der Waals surface area contributed by atoms with Crippen LogP contribution in [-0.4, -0.2) is 58.3 Å². The van der Waals surface area contributed by atoms with Gasteiger partial charge in [0.15, 0.2) is 0 Å². The number of anilines is 1. The summed E-state index contributed by atoms with van der Waals surface area (Å²) in [4.78, 5) is 55.9. The molecule has 3 aromatic carbocycles. The fourth-order valence-electron chi connectivity index (χ4n) is 5.20. The number of amides is 3. The van der Waals surface area contributed by atoms with Gasteiger partial charge in [-0.15, -0.1) is 0 Å². The van der Waals surface area contributed by atoms with E-state index in [4.69, 9.17) is 5.73 Å². The monoisotopic (exact) mass is 598 g/mol. The number of para-hydroxylation sites is 1. The molecule has 1 fully saturated rings. The lowest BCUT2D eigenvalue weighted by molar-refractivity contribution is -0.147. The van der Waals surface area contributed by atoms with Gasteiger partial charge in [-0.3, -0.25) is 29.4 Å². The third-order valence-corrected chi connectivity index (χ3v) is 7.62. The van der Waals surface area contributed by atoms with E-state index >= 15 is 0 Å². The summed E-state index contributed by atoms with van der Waals surface area (Å²) in [5.74, 6) is -3.66. The second-order valence-corrected chi connectivity index (χ2v) is 10.6. The van der Waals surface area contributed by atoms with Gasteiger partial charge in [-0.25, -0.2) is 0 Å². The Morgan fingerprint density at radius 1 is 0.818 bits per heavy atom. The van der Waals surface area contributed by atoms with Crippen LogP contribution in [0.25, 0.3) is 0 Å². The molecule has 1 heterocycles. The fraction of sp³-hybridized carbons (Fsp3) is 0.303. The summed E-state index contributed by atoms with van der Waals surface area (Å²) >= 11 is 0. The number of hydroxylamine groups is 1. The average Bonchev–Trinajstić information content (AvgIpc) is 3.02. The Morgan fingerprint density at radius 2 is 1.36 bits per heavy atom. The number of carbonyl (C=O) groups is 4. The molecule has 1 saturated heterocycles. The zero-order chi connectivity index (χ0) is 31.5. The molecule has 230 valence electrons. The zero-order valence-electron chi connectivity index (χ0n) is 24.2. The standard InChI is InChI=1S/C33H36N5O6/c34-33(35-27(39)20-18-23-11-4-1-5-12-23)37(28(40)21-19-24-13-6-2-7-14-24)22-10-17-26-29(36-30(26)32(42)43)31(41)38(44)25-15-8-3-9-16-25/h1-9,11-16,26,29-30,36H,10,17-22H2,(H,42,43)(H2,34,35,39)/q-1. The van der Waals surface area contributed by atoms with E-state index in [1.54, 1.807) is 18.2 Å². The molecule has 0 aromatic heterocycles. The first-order valence-corrected chi connectivity index (χ1v) is 14.5. The molecule has 4 N–H and O–H groups in total. The van der Waals surface area contributed by atoms with Crippen LogP contribution in [0.15, 0.2) is 96.0 Å². The minimum absolute atomic E-state index is 0.0540. The first-order valence-electron chi connectivity index (χ1n) is 14.5. The lowest BCUT2D eigenvalue weighted by atomic mass is 9.78. The number of carboxylic acid groups (broad SMARTS) is 1. The maximum absolute atomic E-state index is 13.3. The van der Waals surface area contributed by atoms with Gasteiger partial charge in [0.1, 0.15) is 6.04 Å². The predicted octanol–water partition coefficient (Wildman–Crippen LogP) is 3.27. The van der Waals surface area contributed by atoms with E-state index in [9.17, 15) is 29.5 Å². The van der Waals surface area contributed by atoms with Crippen LogP contribution in [0.2, 0.25) is 0 Å². The number of guanidine groups is 1. The Hall–Kier alpha value is -4.87. The molecule has 0 aliphatic carbocycles. The van der Waals surface area contributed by atoms with Crippen molar-refractivity contribution < 1.29 is 24.3 Å². The Balaban J connectivity index is 1.42. The highest BCUT2D eigenvalue weighted by molar-refractivity contribution is 6.01. The van der Waals surface area contributed by atoms with Crippen molar-refractivity contribution >= 4 is 35.3 Å². The largest absolute Gasteiger partial charge is 0.752 e. The van der Waals surface area contributed by atoms with Gasteiger partial charge >= 0.3 is 5.97 Å². The van der Waals surface area contributed by atoms with E-state index in [0.717, 1.165) is 11.1 Å². The lowest BCUT2D eigenvalue weighted by Crippen LogP contribution is -2.69. The van der Waals surface area contributed by atoms with Crippen LogP contribution in [0.3, 0.4) is 0 Å². The average molecular weight is 599 g/mol. The zero-order valence-corrected chi connectivity index (χ0v) is 24.2. The molecule has 11 heteroatoms. The summed E-state index contributed by atoms with van der Waals surface area (Å²) in [6.45, 7) is 0.0540. The summed E-state index contributed by atoms with van der Waals surface area (Å²) in [5.41, 5.74) is 8.28. The van der Waals surface area contributed by atoms with Gasteiger partial charge in [0.05, 0.1) is 6.04 Å². The maximum atomic E-state index is 13.3. The Labute approximate surface area is 256 Å². The van der Waals surface area contributed by atoms with Crippen LogP contribution in [-0.2, 0) is 32.0 Å². The Morgan fingerprint density at radius 3 is 1.93 bits per heavy atom. The van der Waals surface area contributed by atoms with Crippen molar-refractivity contribution in [1.82, 2.24) is 10.2 Å². The maximum Gasteiger partial charge on any atom is 0.321 e. The third-order valence-electron chi connectivity index (χ3n) is 7.62. The van der Waals surface area contributed by atoms with Gasteiger partial charge < -0.3 is 21.1 Å². The second-order valence-electron chi connectivity index (χ2n) is 10.6. The molecule has 1 aliphatic rings. The van der Waals surface area contributed by atoms with Gasteiger partial charge in [-0.2, -0.15) is 4.99 Å². The number of hydrogen-bond acceptors (Lipinski definition) is 6. The molecule has 3 aromatic rings. The van der Waals surface area contributed by atoms with Crippen molar-refractivity contribution in [2.45, 2.75) is 50.6 Å². The van der Waals surface area contributed by atoms with Crippen LogP contribution in [0.5, 0.6) is 0 Å². The topological polar surface area (TPSA) is 168 Å². The van der Waals surface area contributed by atoms with Gasteiger partial charge in [0.25, 0.3) is 0 Å². The molecular weight excluding hydrogens is 562 g/mol. The van der Waals surface area contributed by atoms with Crippen LogP contribution < -0.4 is 16.1 Å². The lowest BCUT2D eigenvalue weighted by Gasteiger charge is -2.46. The fourth-order valence-corrected chi connectivity index (χ4v) is 5.20. The number of carboxylic acids is 1. The summed E-state index contributed by atoms with van der Waals surface area (Å²) in [6.07, 6.45) is 1.62. The number of benzene rings is 3. The number of hydrogen-bond donors (Lipinski definition) is 3. The minimum atomic E-state index is -1.14. The van der Waals surface area contributed by atoms with Gasteiger partial charge in [0, 0.05) is 31.0 Å². The summed E-state index contributed by atoms with van der Waals surface area (Å²) < 4.78 is 0. The number of carbonyl (C=O) groups excluding carboxylic acids is 3. The summed E-state index contributed by atoms with van der Waals surface area (Å²) in [7, 11) is 0. The van der Waals surface area contributed by atoms with Crippen molar-refractivity contribution in [2.24, 2.45) is 16.6 Å². The van der Waals surface area contributed by atoms with Crippen molar-refractivity contribution in [2.75, 3.05) is 11.6 Å². The summed E-state index contributed by atoms with van der Waals surface area (Å²) in [6, 6.07) is 24.8. The molecule has 11 nitrogen and oxygen atoms in total. The molecule has 3 amide bonds. The van der Waals surface area contributed by atoms with Crippen LogP contribution in [0.4, 0.5) is 5.69 Å². The molecule has 3 unspecified atom stereocenters. The first-order chi connectivity index (χ1) is 21.2. The normalized spacial score (nSPS) is 17.8. The van der Waals surface area contributed by atoms with Gasteiger partial charge in [0.2, 0.25) is 23.7 Å². The highest BCUT2D eigenvalue weighted by Crippen LogP contribution is 2.29. The molecular formula is C33H36N5O6-. The highest BCUT2D eigenvalue weighted by Gasteiger charge is 2.48. The number of aliphatic imine (C=N–C) groups is 1. The van der Waals surface area contributed by atoms with Gasteiger partial charge in [-0.05, 0) is 48.9 Å². The van der Waals surface area contributed by atoms with Crippen LogP contribution in [0, 0.1) is 11.1 Å². The van der Waals surface area contributed by atoms with E-state index < -0.39 is 35.8 Å². The predicted molar refractivity (Wildman–Crippen MR) is 166 cm³/mol. The first kappa shape index (κ1) is 32.1. The van der Waals surface area contributed by atoms with Crippen molar-refractivity contribution in [3.05, 3.63) is 107 Å². The molecule has 4 rings (SSSR count). The Bertz CT molecular complexity index is 1450. The second kappa shape index (κ2) is 15.6. The molecule has 0 radical (unpaired) electrons. The van der Waals surface area contributed by atoms with E-state index in [-0.39, 0.29) is 54.8 Å². The number of nitrogens with one attached hydrogen (secondary N) is 1. The van der Waals surface area contributed by atoms with Gasteiger partial charge in [-0.1, -0.05) is 78.9 Å². The number of aliphatic carboxylic acids is 1. The molecule has 44 heavy (non-hydrogen) atoms. The number of nitrogens with two attached hydrogens (primary N) is 1. The quantitative estimate of drug-likeness (QED) is 0.153. The van der Waals surface area contributed by atoms with Crippen molar-refractivity contribution in [3.8, 4) is 0 Å². The number of aryl methyl sites for hydroxylation is 2.